The lowest BCUT2D eigenvalue weighted by molar-refractivity contribution is -0.116. The monoisotopic (exact) mass is 375 g/mol. The number of hydrogen-bond donors (Lipinski definition) is 2. The topological polar surface area (TPSA) is 88.9 Å². The molecule has 0 fully saturated rings. The second kappa shape index (κ2) is 9.27. The summed E-state index contributed by atoms with van der Waals surface area (Å²) >= 11 is 0. The van der Waals surface area contributed by atoms with Gasteiger partial charge in [-0.05, 0) is 34.9 Å². The van der Waals surface area contributed by atoms with Gasteiger partial charge in [-0.2, -0.15) is 5.10 Å². The number of nitrogens with zero attached hydrogens (tertiary/aromatic N) is 3. The fourth-order valence-electron chi connectivity index (χ4n) is 2.65. The number of carbonyl (C=O) groups excluding carboxylic acids is 2. The third kappa shape index (κ3) is 5.38. The van der Waals surface area contributed by atoms with Crippen molar-refractivity contribution in [1.82, 2.24) is 25.4 Å². The highest BCUT2D eigenvalue weighted by molar-refractivity contribution is 5.94. The normalized spacial score (nSPS) is 10.8. The molecule has 2 N–H and O–H groups in total. The standard InChI is InChI=1S/C21H21N5O2/c1-22-21(28)19-8-5-16(6-9-19)7-10-20(27)24-12-17-3-2-4-18(11-17)13-26-15-23-14-25-26/h2-11,14-15H,12-13H2,1H3,(H,22,28)(H,24,27)/b10-7+. The molecular formula is C21H21N5O2. The molecule has 2 aromatic carbocycles. The molecule has 0 unspecified atom stereocenters. The number of hydrogen-bond acceptors (Lipinski definition) is 4. The van der Waals surface area contributed by atoms with Crippen LogP contribution in [0.5, 0.6) is 0 Å². The van der Waals surface area contributed by atoms with Gasteiger partial charge in [0.2, 0.25) is 5.91 Å². The van der Waals surface area contributed by atoms with E-state index in [2.05, 4.69) is 20.7 Å². The minimum atomic E-state index is -0.183. The van der Waals surface area contributed by atoms with Gasteiger partial charge < -0.3 is 10.6 Å². The molecule has 142 valence electrons. The van der Waals surface area contributed by atoms with Crippen molar-refractivity contribution in [3.8, 4) is 0 Å². The van der Waals surface area contributed by atoms with Gasteiger partial charge in [-0.15, -0.1) is 0 Å². The summed E-state index contributed by atoms with van der Waals surface area (Å²) in [4.78, 5) is 27.5. The van der Waals surface area contributed by atoms with Crippen LogP contribution in [-0.4, -0.2) is 33.6 Å². The Balaban J connectivity index is 1.52. The smallest absolute Gasteiger partial charge is 0.251 e. The van der Waals surface area contributed by atoms with Gasteiger partial charge in [0.05, 0.1) is 6.54 Å². The molecule has 2 amide bonds. The van der Waals surface area contributed by atoms with E-state index in [4.69, 9.17) is 0 Å². The van der Waals surface area contributed by atoms with Gasteiger partial charge in [0.1, 0.15) is 12.7 Å². The third-order valence-corrected chi connectivity index (χ3v) is 4.10. The van der Waals surface area contributed by atoms with Crippen molar-refractivity contribution in [2.75, 3.05) is 7.05 Å². The molecule has 28 heavy (non-hydrogen) atoms. The van der Waals surface area contributed by atoms with Gasteiger partial charge in [0.15, 0.2) is 0 Å². The van der Waals surface area contributed by atoms with Crippen molar-refractivity contribution in [2.24, 2.45) is 0 Å². The first kappa shape index (κ1) is 19.0. The zero-order valence-corrected chi connectivity index (χ0v) is 15.5. The summed E-state index contributed by atoms with van der Waals surface area (Å²) in [6.45, 7) is 1.07. The van der Waals surface area contributed by atoms with E-state index in [9.17, 15) is 9.59 Å². The Bertz CT molecular complexity index is 963. The maximum Gasteiger partial charge on any atom is 0.251 e. The summed E-state index contributed by atoms with van der Waals surface area (Å²) in [6, 6.07) is 15.0. The fraction of sp³-hybridized carbons (Fsp3) is 0.143. The number of carbonyl (C=O) groups is 2. The summed E-state index contributed by atoms with van der Waals surface area (Å²) < 4.78 is 1.75. The molecule has 0 saturated carbocycles. The number of rotatable bonds is 7. The van der Waals surface area contributed by atoms with Gasteiger partial charge in [0.25, 0.3) is 5.91 Å². The highest BCUT2D eigenvalue weighted by atomic mass is 16.2. The van der Waals surface area contributed by atoms with Crippen molar-refractivity contribution in [1.29, 1.82) is 0 Å². The molecule has 3 aromatic rings. The van der Waals surface area contributed by atoms with Crippen LogP contribution in [0.4, 0.5) is 0 Å². The molecule has 7 heteroatoms. The lowest BCUT2D eigenvalue weighted by Gasteiger charge is -2.06. The Hall–Kier alpha value is -3.74. The van der Waals surface area contributed by atoms with Crippen molar-refractivity contribution in [2.45, 2.75) is 13.1 Å². The van der Waals surface area contributed by atoms with Crippen LogP contribution in [0, 0.1) is 0 Å². The molecule has 7 nitrogen and oxygen atoms in total. The molecule has 0 saturated heterocycles. The quantitative estimate of drug-likeness (QED) is 0.619. The van der Waals surface area contributed by atoms with E-state index in [0.717, 1.165) is 16.7 Å². The van der Waals surface area contributed by atoms with E-state index in [-0.39, 0.29) is 11.8 Å². The lowest BCUT2D eigenvalue weighted by atomic mass is 10.1. The van der Waals surface area contributed by atoms with Crippen LogP contribution in [0.15, 0.2) is 67.3 Å². The molecule has 1 aromatic heterocycles. The molecule has 0 spiro atoms. The average Bonchev–Trinajstić information content (AvgIpc) is 3.24. The Labute approximate surface area is 163 Å². The van der Waals surface area contributed by atoms with Gasteiger partial charge in [-0.1, -0.05) is 36.4 Å². The Kier molecular flexibility index (Phi) is 6.30. The minimum Gasteiger partial charge on any atom is -0.355 e. The summed E-state index contributed by atoms with van der Waals surface area (Å²) in [5, 5.41) is 9.53. The Morgan fingerprint density at radius 2 is 1.89 bits per heavy atom. The van der Waals surface area contributed by atoms with Crippen LogP contribution in [0.3, 0.4) is 0 Å². The molecule has 0 bridgehead atoms. The summed E-state index contributed by atoms with van der Waals surface area (Å²) in [5.74, 6) is -0.323. The first-order chi connectivity index (χ1) is 13.6. The Morgan fingerprint density at radius 3 is 2.61 bits per heavy atom. The van der Waals surface area contributed by atoms with E-state index >= 15 is 0 Å². The first-order valence-electron chi connectivity index (χ1n) is 8.82. The van der Waals surface area contributed by atoms with E-state index in [1.54, 1.807) is 48.4 Å². The molecule has 0 atom stereocenters. The maximum absolute atomic E-state index is 12.1. The molecule has 0 aliphatic heterocycles. The van der Waals surface area contributed by atoms with Gasteiger partial charge >= 0.3 is 0 Å². The van der Waals surface area contributed by atoms with Crippen molar-refractivity contribution in [3.63, 3.8) is 0 Å². The summed E-state index contributed by atoms with van der Waals surface area (Å²) in [7, 11) is 1.59. The van der Waals surface area contributed by atoms with Crippen molar-refractivity contribution >= 4 is 17.9 Å². The van der Waals surface area contributed by atoms with Crippen LogP contribution in [0.25, 0.3) is 6.08 Å². The van der Waals surface area contributed by atoms with Crippen LogP contribution < -0.4 is 10.6 Å². The second-order valence-corrected chi connectivity index (χ2v) is 6.17. The largest absolute Gasteiger partial charge is 0.355 e. The maximum atomic E-state index is 12.1. The molecule has 0 radical (unpaired) electrons. The number of nitrogens with one attached hydrogen (secondary N) is 2. The first-order valence-corrected chi connectivity index (χ1v) is 8.82. The third-order valence-electron chi connectivity index (χ3n) is 4.10. The number of benzene rings is 2. The van der Waals surface area contributed by atoms with Gasteiger partial charge in [0, 0.05) is 25.2 Å². The fourth-order valence-corrected chi connectivity index (χ4v) is 2.65. The number of aromatic nitrogens is 3. The van der Waals surface area contributed by atoms with E-state index < -0.39 is 0 Å². The van der Waals surface area contributed by atoms with Crippen molar-refractivity contribution in [3.05, 3.63) is 89.5 Å². The second-order valence-electron chi connectivity index (χ2n) is 6.17. The minimum absolute atomic E-state index is 0.140. The van der Waals surface area contributed by atoms with E-state index in [0.29, 0.717) is 18.7 Å². The highest BCUT2D eigenvalue weighted by Crippen LogP contribution is 2.08. The lowest BCUT2D eigenvalue weighted by Crippen LogP contribution is -2.20. The van der Waals surface area contributed by atoms with Crippen LogP contribution in [0.2, 0.25) is 0 Å². The van der Waals surface area contributed by atoms with Gasteiger partial charge in [-0.25, -0.2) is 9.67 Å². The zero-order valence-electron chi connectivity index (χ0n) is 15.5. The zero-order chi connectivity index (χ0) is 19.8. The van der Waals surface area contributed by atoms with E-state index in [1.165, 1.54) is 12.4 Å². The van der Waals surface area contributed by atoms with Crippen LogP contribution >= 0.6 is 0 Å². The molecule has 1 heterocycles. The Morgan fingerprint density at radius 1 is 1.11 bits per heavy atom. The molecule has 0 aliphatic rings. The SMILES string of the molecule is CNC(=O)c1ccc(/C=C/C(=O)NCc2cccc(Cn3cncn3)c2)cc1. The van der Waals surface area contributed by atoms with Gasteiger partial charge in [-0.3, -0.25) is 9.59 Å². The predicted molar refractivity (Wildman–Crippen MR) is 106 cm³/mol. The highest BCUT2D eigenvalue weighted by Gasteiger charge is 2.02. The van der Waals surface area contributed by atoms with Crippen LogP contribution in [-0.2, 0) is 17.9 Å². The average molecular weight is 375 g/mol. The number of amides is 2. The molecular weight excluding hydrogens is 354 g/mol. The predicted octanol–water partition coefficient (Wildman–Crippen LogP) is 2.02. The molecule has 0 aliphatic carbocycles. The van der Waals surface area contributed by atoms with E-state index in [1.807, 2.05) is 24.3 Å². The summed E-state index contributed by atoms with van der Waals surface area (Å²) in [5.41, 5.74) is 3.52. The van der Waals surface area contributed by atoms with Crippen LogP contribution in [0.1, 0.15) is 27.0 Å². The van der Waals surface area contributed by atoms with Crippen molar-refractivity contribution < 1.29 is 9.59 Å². The molecule has 3 rings (SSSR count). The summed E-state index contributed by atoms with van der Waals surface area (Å²) in [6.07, 6.45) is 6.36.